The first-order valence-corrected chi connectivity index (χ1v) is 6.30. The zero-order chi connectivity index (χ0) is 14.3. The van der Waals surface area contributed by atoms with Gasteiger partial charge in [0, 0.05) is 19.2 Å². The smallest absolute Gasteiger partial charge is 0.322 e. The van der Waals surface area contributed by atoms with Gasteiger partial charge in [-0.1, -0.05) is 18.2 Å². The molecule has 0 aliphatic heterocycles. The zero-order valence-corrected chi connectivity index (χ0v) is 11.5. The maximum Gasteiger partial charge on any atom is 0.322 e. The predicted molar refractivity (Wildman–Crippen MR) is 73.7 cm³/mol. The highest BCUT2D eigenvalue weighted by molar-refractivity contribution is 5.89. The summed E-state index contributed by atoms with van der Waals surface area (Å²) in [6.07, 6.45) is 0. The van der Waals surface area contributed by atoms with Crippen molar-refractivity contribution in [3.63, 3.8) is 0 Å². The number of amides is 1. The van der Waals surface area contributed by atoms with Gasteiger partial charge in [-0.2, -0.15) is 0 Å². The molecular weight excluding hydrogens is 244 g/mol. The zero-order valence-electron chi connectivity index (χ0n) is 11.5. The Morgan fingerprint density at radius 1 is 1.32 bits per heavy atom. The molecule has 1 unspecified atom stereocenters. The van der Waals surface area contributed by atoms with Crippen LogP contribution in [0.5, 0.6) is 0 Å². The second-order valence-electron chi connectivity index (χ2n) is 4.19. The fraction of sp³-hybridized carbons (Fsp3) is 0.429. The number of hydrogen-bond donors (Lipinski definition) is 2. The van der Waals surface area contributed by atoms with Gasteiger partial charge >= 0.3 is 5.97 Å². The quantitative estimate of drug-likeness (QED) is 0.767. The summed E-state index contributed by atoms with van der Waals surface area (Å²) >= 11 is 0. The average Bonchev–Trinajstić information content (AvgIpc) is 2.37. The largest absolute Gasteiger partial charge is 0.465 e. The molecule has 0 aliphatic rings. The molecule has 0 aromatic heterocycles. The molecule has 2 N–H and O–H groups in total. The minimum atomic E-state index is -0.384. The van der Waals surface area contributed by atoms with Gasteiger partial charge in [0.05, 0.1) is 6.61 Å². The molecule has 1 amide bonds. The molecular formula is C14H20N2O3. The number of benzene rings is 1. The molecule has 1 aromatic carbocycles. The number of rotatable bonds is 6. The summed E-state index contributed by atoms with van der Waals surface area (Å²) < 4.78 is 4.92. The number of nitrogens with one attached hydrogen (secondary N) is 2. The first kappa shape index (κ1) is 15.2. The van der Waals surface area contributed by atoms with Crippen molar-refractivity contribution in [1.29, 1.82) is 0 Å². The Bertz CT molecular complexity index is 446. The lowest BCUT2D eigenvalue weighted by Crippen LogP contribution is -2.35. The molecule has 0 spiro atoms. The van der Waals surface area contributed by atoms with Crippen molar-refractivity contribution in [2.75, 3.05) is 11.9 Å². The van der Waals surface area contributed by atoms with Crippen LogP contribution in [0.4, 0.5) is 5.69 Å². The monoisotopic (exact) mass is 264 g/mol. The van der Waals surface area contributed by atoms with Crippen LogP contribution in [0.15, 0.2) is 24.3 Å². The van der Waals surface area contributed by atoms with Crippen LogP contribution >= 0.6 is 0 Å². The lowest BCUT2D eigenvalue weighted by molar-refractivity contribution is -0.145. The van der Waals surface area contributed by atoms with Crippen LogP contribution in [0.3, 0.4) is 0 Å². The Balaban J connectivity index is 2.62. The maximum absolute atomic E-state index is 11.5. The third-order valence-electron chi connectivity index (χ3n) is 2.57. The number of carbonyl (C=O) groups is 2. The van der Waals surface area contributed by atoms with Crippen LogP contribution in [0.2, 0.25) is 0 Å². The van der Waals surface area contributed by atoms with E-state index in [1.165, 1.54) is 6.92 Å². The molecule has 0 saturated carbocycles. The third kappa shape index (κ3) is 5.09. The molecule has 0 saturated heterocycles. The summed E-state index contributed by atoms with van der Waals surface area (Å²) in [7, 11) is 0. The molecule has 1 rings (SSSR count). The molecule has 0 radical (unpaired) electrons. The predicted octanol–water partition coefficient (Wildman–Crippen LogP) is 1.69. The number of hydrogen-bond acceptors (Lipinski definition) is 4. The highest BCUT2D eigenvalue weighted by Crippen LogP contribution is 2.14. The lowest BCUT2D eigenvalue weighted by Gasteiger charge is -2.14. The van der Waals surface area contributed by atoms with Gasteiger partial charge in [-0.05, 0) is 25.5 Å². The third-order valence-corrected chi connectivity index (χ3v) is 2.57. The van der Waals surface area contributed by atoms with E-state index in [1.54, 1.807) is 13.8 Å². The van der Waals surface area contributed by atoms with Gasteiger partial charge in [-0.3, -0.25) is 9.59 Å². The Morgan fingerprint density at radius 3 is 2.63 bits per heavy atom. The highest BCUT2D eigenvalue weighted by atomic mass is 16.5. The fourth-order valence-electron chi connectivity index (χ4n) is 1.60. The maximum atomic E-state index is 11.5. The summed E-state index contributed by atoms with van der Waals surface area (Å²) in [5.41, 5.74) is 1.67. The van der Waals surface area contributed by atoms with E-state index in [0.717, 1.165) is 11.3 Å². The Labute approximate surface area is 113 Å². The first-order valence-electron chi connectivity index (χ1n) is 6.30. The number of esters is 1. The van der Waals surface area contributed by atoms with Crippen molar-refractivity contribution in [2.45, 2.75) is 33.4 Å². The molecule has 5 heteroatoms. The molecule has 0 fully saturated rings. The second-order valence-corrected chi connectivity index (χ2v) is 4.19. The van der Waals surface area contributed by atoms with Crippen molar-refractivity contribution in [3.8, 4) is 0 Å². The van der Waals surface area contributed by atoms with Crippen molar-refractivity contribution < 1.29 is 14.3 Å². The number of anilines is 1. The molecule has 1 atom stereocenters. The minimum Gasteiger partial charge on any atom is -0.465 e. The molecule has 1 aromatic rings. The fourth-order valence-corrected chi connectivity index (χ4v) is 1.60. The van der Waals surface area contributed by atoms with E-state index in [1.807, 2.05) is 24.3 Å². The van der Waals surface area contributed by atoms with Crippen molar-refractivity contribution >= 4 is 17.6 Å². The first-order chi connectivity index (χ1) is 9.04. The topological polar surface area (TPSA) is 67.4 Å². The average molecular weight is 264 g/mol. The van der Waals surface area contributed by atoms with E-state index in [0.29, 0.717) is 13.2 Å². The van der Waals surface area contributed by atoms with Gasteiger partial charge in [-0.25, -0.2) is 0 Å². The second kappa shape index (κ2) is 7.53. The van der Waals surface area contributed by atoms with E-state index in [9.17, 15) is 9.59 Å². The van der Waals surface area contributed by atoms with E-state index >= 15 is 0 Å². The number of para-hydroxylation sites is 1. The molecule has 104 valence electrons. The molecule has 0 bridgehead atoms. The molecule has 5 nitrogen and oxygen atoms in total. The van der Waals surface area contributed by atoms with Crippen LogP contribution in [0.25, 0.3) is 0 Å². The summed E-state index contributed by atoms with van der Waals surface area (Å²) in [5.74, 6) is -0.398. The van der Waals surface area contributed by atoms with Crippen molar-refractivity contribution in [2.24, 2.45) is 0 Å². The Kier molecular flexibility index (Phi) is 6.02. The summed E-state index contributed by atoms with van der Waals surface area (Å²) in [5, 5.41) is 5.83. The van der Waals surface area contributed by atoms with Crippen molar-refractivity contribution in [1.82, 2.24) is 5.32 Å². The van der Waals surface area contributed by atoms with E-state index < -0.39 is 0 Å². The van der Waals surface area contributed by atoms with Crippen LogP contribution in [0, 0.1) is 0 Å². The Morgan fingerprint density at radius 2 is 2.00 bits per heavy atom. The van der Waals surface area contributed by atoms with Gasteiger partial charge in [0.2, 0.25) is 5.91 Å². The van der Waals surface area contributed by atoms with Crippen molar-refractivity contribution in [3.05, 3.63) is 29.8 Å². The summed E-state index contributed by atoms with van der Waals surface area (Å²) in [6.45, 7) is 5.84. The number of carbonyl (C=O) groups excluding carboxylic acids is 2. The molecule has 0 aliphatic carbocycles. The van der Waals surface area contributed by atoms with E-state index in [-0.39, 0.29) is 17.9 Å². The Hall–Kier alpha value is -1.88. The SMILES string of the molecule is CCOC(=O)C(C)NCc1ccccc1NC(C)=O. The minimum absolute atomic E-state index is 0.120. The van der Waals surface area contributed by atoms with Gasteiger partial charge in [0.25, 0.3) is 0 Å². The summed E-state index contributed by atoms with van der Waals surface area (Å²) in [4.78, 5) is 22.6. The van der Waals surface area contributed by atoms with Crippen LogP contribution < -0.4 is 10.6 Å². The van der Waals surface area contributed by atoms with E-state index in [4.69, 9.17) is 4.74 Å². The molecule has 19 heavy (non-hydrogen) atoms. The van der Waals surface area contributed by atoms with E-state index in [2.05, 4.69) is 10.6 Å². The highest BCUT2D eigenvalue weighted by Gasteiger charge is 2.13. The molecule has 0 heterocycles. The van der Waals surface area contributed by atoms with Gasteiger partial charge in [-0.15, -0.1) is 0 Å². The van der Waals surface area contributed by atoms with Gasteiger partial charge in [0.15, 0.2) is 0 Å². The van der Waals surface area contributed by atoms with Crippen LogP contribution in [-0.4, -0.2) is 24.5 Å². The summed E-state index contributed by atoms with van der Waals surface area (Å²) in [6, 6.07) is 7.08. The number of ether oxygens (including phenoxy) is 1. The van der Waals surface area contributed by atoms with Crippen LogP contribution in [0.1, 0.15) is 26.3 Å². The van der Waals surface area contributed by atoms with Crippen LogP contribution in [-0.2, 0) is 20.9 Å². The lowest BCUT2D eigenvalue weighted by atomic mass is 10.1. The standard InChI is InChI=1S/C14H20N2O3/c1-4-19-14(18)10(2)15-9-12-7-5-6-8-13(12)16-11(3)17/h5-8,10,15H,4,9H2,1-3H3,(H,16,17). The normalized spacial score (nSPS) is 11.7. The van der Waals surface area contributed by atoms with Gasteiger partial charge < -0.3 is 15.4 Å². The van der Waals surface area contributed by atoms with Gasteiger partial charge in [0.1, 0.15) is 6.04 Å².